The molecule has 0 radical (unpaired) electrons. The molecule has 2 N–H and O–H groups in total. The average Bonchev–Trinajstić information content (AvgIpc) is 2.67. The summed E-state index contributed by atoms with van der Waals surface area (Å²) in [5, 5.41) is 12.5. The lowest BCUT2D eigenvalue weighted by Crippen LogP contribution is -2.64. The number of benzene rings is 2. The van der Waals surface area contributed by atoms with Crippen LogP contribution in [0.25, 0.3) is 0 Å². The van der Waals surface area contributed by atoms with Gasteiger partial charge in [0.25, 0.3) is 0 Å². The van der Waals surface area contributed by atoms with Crippen molar-refractivity contribution >= 4 is 17.5 Å². The number of anilines is 1. The molecule has 0 spiro atoms. The summed E-state index contributed by atoms with van der Waals surface area (Å²) < 4.78 is 6.17. The minimum Gasteiger partial charge on any atom is -0.468 e. The number of nitrogens with zero attached hydrogens (tertiary/aromatic N) is 1. The summed E-state index contributed by atoms with van der Waals surface area (Å²) >= 11 is 0. The third-order valence-electron chi connectivity index (χ3n) is 6.00. The Balaban J connectivity index is 1.73. The number of rotatable bonds is 4. The number of aliphatic hydroxyl groups excluding tert-OH is 1. The molecule has 0 unspecified atom stereocenters. The summed E-state index contributed by atoms with van der Waals surface area (Å²) in [7, 11) is 0. The summed E-state index contributed by atoms with van der Waals surface area (Å²) in [6.45, 7) is 5.71. The Kier molecular flexibility index (Phi) is 4.82. The lowest BCUT2D eigenvalue weighted by Gasteiger charge is -2.52. The van der Waals surface area contributed by atoms with E-state index in [0.29, 0.717) is 17.9 Å². The van der Waals surface area contributed by atoms with E-state index in [4.69, 9.17) is 4.74 Å². The number of hydrogen-bond donors (Lipinski definition) is 2. The highest BCUT2D eigenvalue weighted by Gasteiger charge is 2.55. The van der Waals surface area contributed by atoms with Crippen LogP contribution in [0.3, 0.4) is 0 Å². The number of para-hydroxylation sites is 1. The highest BCUT2D eigenvalue weighted by Crippen LogP contribution is 2.50. The molecule has 2 amide bonds. The first-order valence-corrected chi connectivity index (χ1v) is 9.92. The molecule has 0 aliphatic carbocycles. The molecule has 3 atom stereocenters. The zero-order valence-corrected chi connectivity index (χ0v) is 16.9. The van der Waals surface area contributed by atoms with E-state index in [1.807, 2.05) is 63.2 Å². The molecule has 6 heteroatoms. The van der Waals surface area contributed by atoms with E-state index < -0.39 is 11.6 Å². The number of amides is 2. The van der Waals surface area contributed by atoms with Crippen LogP contribution < -0.4 is 10.1 Å². The maximum Gasteiger partial charge on any atom is 0.238 e. The largest absolute Gasteiger partial charge is 0.468 e. The van der Waals surface area contributed by atoms with Crippen molar-refractivity contribution < 1.29 is 19.4 Å². The van der Waals surface area contributed by atoms with Crippen LogP contribution in [0.2, 0.25) is 0 Å². The number of hydrogen-bond acceptors (Lipinski definition) is 4. The predicted molar refractivity (Wildman–Crippen MR) is 110 cm³/mol. The smallest absolute Gasteiger partial charge is 0.238 e. The molecule has 2 aromatic rings. The molecule has 1 fully saturated rings. The van der Waals surface area contributed by atoms with Gasteiger partial charge < -0.3 is 20.1 Å². The van der Waals surface area contributed by atoms with Crippen LogP contribution >= 0.6 is 0 Å². The summed E-state index contributed by atoms with van der Waals surface area (Å²) in [4.78, 5) is 28.2. The minimum atomic E-state index is -0.880. The normalized spacial score (nSPS) is 25.2. The van der Waals surface area contributed by atoms with Crippen molar-refractivity contribution in [2.45, 2.75) is 38.8 Å². The van der Waals surface area contributed by atoms with Crippen LogP contribution in [-0.2, 0) is 9.59 Å². The van der Waals surface area contributed by atoms with Gasteiger partial charge in [-0.1, -0.05) is 35.9 Å². The van der Waals surface area contributed by atoms with Gasteiger partial charge in [-0.05, 0) is 44.0 Å². The summed E-state index contributed by atoms with van der Waals surface area (Å²) in [5.74, 6) is -1.10. The van der Waals surface area contributed by atoms with Gasteiger partial charge in [-0.25, -0.2) is 0 Å². The Morgan fingerprint density at radius 1 is 1.28 bits per heavy atom. The molecule has 0 saturated carbocycles. The number of aliphatic hydroxyl groups is 1. The van der Waals surface area contributed by atoms with E-state index in [1.54, 1.807) is 0 Å². The first kappa shape index (κ1) is 19.5. The monoisotopic (exact) mass is 394 g/mol. The van der Waals surface area contributed by atoms with Crippen molar-refractivity contribution in [2.24, 2.45) is 5.92 Å². The van der Waals surface area contributed by atoms with Gasteiger partial charge in [-0.15, -0.1) is 0 Å². The fraction of sp³-hybridized carbons (Fsp3) is 0.391. The third-order valence-corrected chi connectivity index (χ3v) is 6.00. The van der Waals surface area contributed by atoms with E-state index in [2.05, 4.69) is 5.32 Å². The van der Waals surface area contributed by atoms with Gasteiger partial charge in [0.15, 0.2) is 5.72 Å². The predicted octanol–water partition coefficient (Wildman–Crippen LogP) is 2.98. The standard InChI is InChI=1S/C23H26N2O4/c1-14-8-9-18(15(2)12-14)24-21(27)20-17-13-23(3,25(10-11-26)22(20)28)29-19-7-5-4-6-16(17)19/h4-9,12,17,20,26H,10-11,13H2,1-3H3,(H,24,27)/t17-,20-,23+/m1/s1. The highest BCUT2D eigenvalue weighted by atomic mass is 16.5. The number of nitrogens with one attached hydrogen (secondary N) is 1. The Labute approximate surface area is 170 Å². The molecule has 2 aliphatic rings. The van der Waals surface area contributed by atoms with Crippen molar-refractivity contribution in [3.63, 3.8) is 0 Å². The van der Waals surface area contributed by atoms with E-state index in [9.17, 15) is 14.7 Å². The first-order valence-electron chi connectivity index (χ1n) is 9.92. The molecule has 152 valence electrons. The van der Waals surface area contributed by atoms with E-state index in [1.165, 1.54) is 4.90 Å². The van der Waals surface area contributed by atoms with Gasteiger partial charge >= 0.3 is 0 Å². The fourth-order valence-electron chi connectivity index (χ4n) is 4.62. The molecule has 0 aromatic heterocycles. The number of β-amino-alcohol motifs (C(OH)–C–C–N with tert-alkyl or cyclic N) is 1. The molecular weight excluding hydrogens is 368 g/mol. The lowest BCUT2D eigenvalue weighted by molar-refractivity contribution is -0.176. The number of ether oxygens (including phenoxy) is 1. The number of fused-ring (bicyclic) bond motifs is 4. The van der Waals surface area contributed by atoms with Crippen LogP contribution in [0.4, 0.5) is 5.69 Å². The second-order valence-corrected chi connectivity index (χ2v) is 8.12. The SMILES string of the molecule is Cc1ccc(NC(=O)[C@@H]2C(=O)N(CCO)[C@]3(C)C[C@@H]2c2ccccc2O3)c(C)c1. The van der Waals surface area contributed by atoms with Gasteiger partial charge in [0.1, 0.15) is 11.7 Å². The summed E-state index contributed by atoms with van der Waals surface area (Å²) in [6.07, 6.45) is 0.501. The Bertz CT molecular complexity index is 973. The molecule has 6 nitrogen and oxygen atoms in total. The van der Waals surface area contributed by atoms with Crippen LogP contribution in [0.5, 0.6) is 5.75 Å². The third kappa shape index (κ3) is 3.27. The quantitative estimate of drug-likeness (QED) is 0.782. The molecule has 2 bridgehead atoms. The summed E-state index contributed by atoms with van der Waals surface area (Å²) in [5.41, 5.74) is 2.76. The van der Waals surface area contributed by atoms with Gasteiger partial charge in [0.05, 0.1) is 6.61 Å². The second kappa shape index (κ2) is 7.19. The van der Waals surface area contributed by atoms with Crippen molar-refractivity contribution in [2.75, 3.05) is 18.5 Å². The Morgan fingerprint density at radius 3 is 2.76 bits per heavy atom. The highest BCUT2D eigenvalue weighted by molar-refractivity contribution is 6.08. The maximum atomic E-state index is 13.4. The molecule has 4 rings (SSSR count). The first-order chi connectivity index (χ1) is 13.8. The van der Waals surface area contributed by atoms with Crippen LogP contribution in [-0.4, -0.2) is 40.7 Å². The van der Waals surface area contributed by atoms with Crippen molar-refractivity contribution in [3.8, 4) is 5.75 Å². The average molecular weight is 394 g/mol. The van der Waals surface area contributed by atoms with Crippen LogP contribution in [0.1, 0.15) is 36.0 Å². The second-order valence-electron chi connectivity index (χ2n) is 8.12. The number of aryl methyl sites for hydroxylation is 2. The van der Waals surface area contributed by atoms with Gasteiger partial charge in [-0.2, -0.15) is 0 Å². The number of carbonyl (C=O) groups is 2. The van der Waals surface area contributed by atoms with E-state index in [-0.39, 0.29) is 30.9 Å². The van der Waals surface area contributed by atoms with E-state index >= 15 is 0 Å². The Hall–Kier alpha value is -2.86. The van der Waals surface area contributed by atoms with Gasteiger partial charge in [-0.3, -0.25) is 9.59 Å². The molecule has 2 aromatic carbocycles. The zero-order valence-electron chi connectivity index (χ0n) is 16.9. The number of likely N-dealkylation sites (tertiary alicyclic amines) is 1. The van der Waals surface area contributed by atoms with Crippen LogP contribution in [0, 0.1) is 19.8 Å². The lowest BCUT2D eigenvalue weighted by atomic mass is 9.73. The number of piperidine rings is 1. The molecular formula is C23H26N2O4. The van der Waals surface area contributed by atoms with Crippen molar-refractivity contribution in [1.29, 1.82) is 0 Å². The van der Waals surface area contributed by atoms with Crippen LogP contribution in [0.15, 0.2) is 42.5 Å². The topological polar surface area (TPSA) is 78.9 Å². The zero-order chi connectivity index (χ0) is 20.8. The summed E-state index contributed by atoms with van der Waals surface area (Å²) in [6, 6.07) is 13.4. The maximum absolute atomic E-state index is 13.4. The van der Waals surface area contributed by atoms with Crippen molar-refractivity contribution in [3.05, 3.63) is 59.2 Å². The van der Waals surface area contributed by atoms with Gasteiger partial charge in [0, 0.05) is 24.6 Å². The Morgan fingerprint density at radius 2 is 2.03 bits per heavy atom. The fourth-order valence-corrected chi connectivity index (χ4v) is 4.62. The molecule has 2 heterocycles. The molecule has 2 aliphatic heterocycles. The molecule has 29 heavy (non-hydrogen) atoms. The molecule has 1 saturated heterocycles. The number of carbonyl (C=O) groups excluding carboxylic acids is 2. The van der Waals surface area contributed by atoms with Gasteiger partial charge in [0.2, 0.25) is 11.8 Å². The minimum absolute atomic E-state index is 0.123. The van der Waals surface area contributed by atoms with E-state index in [0.717, 1.165) is 16.7 Å². The van der Waals surface area contributed by atoms with Crippen molar-refractivity contribution in [1.82, 2.24) is 4.90 Å².